The van der Waals surface area contributed by atoms with Crippen molar-refractivity contribution in [1.82, 2.24) is 10.2 Å². The highest BCUT2D eigenvalue weighted by Gasteiger charge is 2.21. The molecule has 0 aliphatic carbocycles. The zero-order valence-corrected chi connectivity index (χ0v) is 15.2. The van der Waals surface area contributed by atoms with Gasteiger partial charge >= 0.3 is 5.97 Å². The van der Waals surface area contributed by atoms with Crippen LogP contribution in [0.25, 0.3) is 0 Å². The second kappa shape index (κ2) is 9.91. The van der Waals surface area contributed by atoms with Gasteiger partial charge in [0.2, 0.25) is 11.8 Å². The molecule has 26 heavy (non-hydrogen) atoms. The number of aliphatic carboxylic acids is 1. The number of amides is 2. The minimum atomic E-state index is -0.730. The van der Waals surface area contributed by atoms with Gasteiger partial charge in [0.25, 0.3) is 0 Å². The summed E-state index contributed by atoms with van der Waals surface area (Å²) < 4.78 is 0. The van der Waals surface area contributed by atoms with Crippen LogP contribution in [0, 0.1) is 0 Å². The quantitative estimate of drug-likeness (QED) is 0.708. The molecule has 2 fully saturated rings. The average Bonchev–Trinajstić information content (AvgIpc) is 2.62. The number of hydrogen-bond donors (Lipinski definition) is 3. The van der Waals surface area contributed by atoms with Gasteiger partial charge in [-0.05, 0) is 56.0 Å². The van der Waals surface area contributed by atoms with Gasteiger partial charge in [-0.15, -0.1) is 0 Å². The summed E-state index contributed by atoms with van der Waals surface area (Å²) in [7, 11) is 1.92. The van der Waals surface area contributed by atoms with E-state index in [4.69, 9.17) is 5.11 Å². The van der Waals surface area contributed by atoms with Crippen LogP contribution in [0.15, 0.2) is 24.3 Å². The predicted molar refractivity (Wildman–Crippen MR) is 99.0 cm³/mol. The Labute approximate surface area is 153 Å². The van der Waals surface area contributed by atoms with Gasteiger partial charge in [0.05, 0.1) is 6.54 Å². The van der Waals surface area contributed by atoms with Crippen molar-refractivity contribution < 1.29 is 19.5 Å². The summed E-state index contributed by atoms with van der Waals surface area (Å²) in [5, 5.41) is 14.1. The SMILES string of the molecule is CNc1ccc(C2CCN(CC(=O)O)CC2)cc1.O=C1CCCC(=O)N1. The van der Waals surface area contributed by atoms with Crippen LogP contribution in [-0.4, -0.2) is 54.5 Å². The molecule has 142 valence electrons. The minimum absolute atomic E-state index is 0.138. The van der Waals surface area contributed by atoms with Gasteiger partial charge in [-0.3, -0.25) is 24.6 Å². The topological polar surface area (TPSA) is 98.7 Å². The highest BCUT2D eigenvalue weighted by atomic mass is 16.4. The number of hydrogen-bond acceptors (Lipinski definition) is 5. The highest BCUT2D eigenvalue weighted by Crippen LogP contribution is 2.28. The van der Waals surface area contributed by atoms with E-state index in [2.05, 4.69) is 34.9 Å². The first-order chi connectivity index (χ1) is 12.5. The summed E-state index contributed by atoms with van der Waals surface area (Å²) in [4.78, 5) is 33.3. The Hall–Kier alpha value is -2.41. The van der Waals surface area contributed by atoms with Gasteiger partial charge in [0, 0.05) is 25.6 Å². The lowest BCUT2D eigenvalue weighted by molar-refractivity contribution is -0.138. The van der Waals surface area contributed by atoms with Crippen molar-refractivity contribution in [2.24, 2.45) is 0 Å². The van der Waals surface area contributed by atoms with E-state index < -0.39 is 5.97 Å². The fraction of sp³-hybridized carbons (Fsp3) is 0.526. The van der Waals surface area contributed by atoms with Gasteiger partial charge in [-0.25, -0.2) is 0 Å². The van der Waals surface area contributed by atoms with E-state index >= 15 is 0 Å². The van der Waals surface area contributed by atoms with E-state index in [1.807, 2.05) is 11.9 Å². The first-order valence-electron chi connectivity index (χ1n) is 9.02. The molecule has 0 bridgehead atoms. The lowest BCUT2D eigenvalue weighted by Gasteiger charge is -2.31. The maximum atomic E-state index is 10.6. The molecule has 2 saturated heterocycles. The Morgan fingerprint density at radius 2 is 1.73 bits per heavy atom. The van der Waals surface area contributed by atoms with Crippen molar-refractivity contribution in [3.05, 3.63) is 29.8 Å². The van der Waals surface area contributed by atoms with Gasteiger partial charge in [0.15, 0.2) is 0 Å². The van der Waals surface area contributed by atoms with Crippen molar-refractivity contribution in [3.8, 4) is 0 Å². The third-order valence-electron chi connectivity index (χ3n) is 4.70. The van der Waals surface area contributed by atoms with Crippen LogP contribution >= 0.6 is 0 Å². The number of carbonyl (C=O) groups excluding carboxylic acids is 2. The molecule has 0 saturated carbocycles. The van der Waals surface area contributed by atoms with E-state index in [0.717, 1.165) is 31.6 Å². The summed E-state index contributed by atoms with van der Waals surface area (Å²) >= 11 is 0. The average molecular weight is 361 g/mol. The third-order valence-corrected chi connectivity index (χ3v) is 4.70. The molecule has 0 unspecified atom stereocenters. The molecule has 1 aromatic carbocycles. The molecule has 0 spiro atoms. The summed E-state index contributed by atoms with van der Waals surface area (Å²) in [5.41, 5.74) is 2.49. The maximum Gasteiger partial charge on any atom is 0.317 e. The Kier molecular flexibility index (Phi) is 7.59. The zero-order valence-electron chi connectivity index (χ0n) is 15.2. The number of piperidine rings is 2. The van der Waals surface area contributed by atoms with Gasteiger partial charge < -0.3 is 10.4 Å². The zero-order chi connectivity index (χ0) is 18.9. The highest BCUT2D eigenvalue weighted by molar-refractivity contribution is 5.97. The molecule has 1 aromatic rings. The van der Waals surface area contributed by atoms with Crippen molar-refractivity contribution >= 4 is 23.5 Å². The van der Waals surface area contributed by atoms with E-state index in [9.17, 15) is 14.4 Å². The number of nitrogens with one attached hydrogen (secondary N) is 2. The first-order valence-corrected chi connectivity index (χ1v) is 9.02. The predicted octanol–water partition coefficient (Wildman–Crippen LogP) is 1.81. The lowest BCUT2D eigenvalue weighted by Crippen LogP contribution is -2.36. The maximum absolute atomic E-state index is 10.6. The number of imide groups is 1. The van der Waals surface area contributed by atoms with E-state index in [1.165, 1.54) is 5.56 Å². The molecular formula is C19H27N3O4. The van der Waals surface area contributed by atoms with E-state index in [-0.39, 0.29) is 18.4 Å². The molecular weight excluding hydrogens is 334 g/mol. The molecule has 3 rings (SSSR count). The number of carboxylic acids is 1. The first kappa shape index (κ1) is 19.9. The van der Waals surface area contributed by atoms with Crippen LogP contribution in [0.1, 0.15) is 43.6 Å². The number of carbonyl (C=O) groups is 3. The Morgan fingerprint density at radius 3 is 2.15 bits per heavy atom. The number of likely N-dealkylation sites (tertiary alicyclic amines) is 1. The van der Waals surface area contributed by atoms with Crippen LogP contribution in [0.5, 0.6) is 0 Å². The van der Waals surface area contributed by atoms with Crippen molar-refractivity contribution in [2.45, 2.75) is 38.0 Å². The van der Waals surface area contributed by atoms with Gasteiger partial charge in [-0.1, -0.05) is 12.1 Å². The van der Waals surface area contributed by atoms with E-state index in [1.54, 1.807) is 0 Å². The molecule has 0 atom stereocenters. The van der Waals surface area contributed by atoms with Crippen molar-refractivity contribution in [2.75, 3.05) is 32.0 Å². The van der Waals surface area contributed by atoms with Crippen LogP contribution in [0.4, 0.5) is 5.69 Å². The summed E-state index contributed by atoms with van der Waals surface area (Å²) in [5.74, 6) is -0.435. The Bertz CT molecular complexity index is 608. The molecule has 7 nitrogen and oxygen atoms in total. The molecule has 2 aliphatic heterocycles. The van der Waals surface area contributed by atoms with Gasteiger partial charge in [-0.2, -0.15) is 0 Å². The number of anilines is 1. The molecule has 0 radical (unpaired) electrons. The molecule has 2 heterocycles. The van der Waals surface area contributed by atoms with Crippen molar-refractivity contribution in [3.63, 3.8) is 0 Å². The molecule has 7 heteroatoms. The van der Waals surface area contributed by atoms with E-state index in [0.29, 0.717) is 25.2 Å². The summed E-state index contributed by atoms with van der Waals surface area (Å²) in [6, 6.07) is 8.53. The normalized spacial score (nSPS) is 18.5. The number of benzene rings is 1. The number of nitrogens with zero attached hydrogens (tertiary/aromatic N) is 1. The van der Waals surface area contributed by atoms with Crippen LogP contribution in [0.3, 0.4) is 0 Å². The smallest absolute Gasteiger partial charge is 0.317 e. The second-order valence-corrected chi connectivity index (χ2v) is 6.64. The fourth-order valence-corrected chi connectivity index (χ4v) is 3.23. The molecule has 2 amide bonds. The molecule has 3 N–H and O–H groups in total. The van der Waals surface area contributed by atoms with Crippen LogP contribution in [-0.2, 0) is 14.4 Å². The van der Waals surface area contributed by atoms with Crippen molar-refractivity contribution in [1.29, 1.82) is 0 Å². The third kappa shape index (κ3) is 6.48. The fourth-order valence-electron chi connectivity index (χ4n) is 3.23. The van der Waals surface area contributed by atoms with Crippen LogP contribution in [0.2, 0.25) is 0 Å². The minimum Gasteiger partial charge on any atom is -0.480 e. The Morgan fingerprint density at radius 1 is 1.15 bits per heavy atom. The summed E-state index contributed by atoms with van der Waals surface area (Å²) in [6.45, 7) is 1.93. The standard InChI is InChI=1S/C14H20N2O2.C5H7NO2/c1-15-13-4-2-11(3-5-13)12-6-8-16(9-7-12)10-14(17)18;7-4-2-1-3-5(8)6-4/h2-5,12,15H,6-10H2,1H3,(H,17,18);1-3H2,(H,6,7,8). The monoisotopic (exact) mass is 361 g/mol. The number of rotatable bonds is 4. The largest absolute Gasteiger partial charge is 0.480 e. The Balaban J connectivity index is 0.000000254. The number of carboxylic acid groups (broad SMARTS) is 1. The lowest BCUT2D eigenvalue weighted by atomic mass is 9.89. The van der Waals surface area contributed by atoms with Crippen LogP contribution < -0.4 is 10.6 Å². The summed E-state index contributed by atoms with van der Waals surface area (Å²) in [6.07, 6.45) is 3.82. The molecule has 2 aliphatic rings. The molecule has 0 aromatic heterocycles. The second-order valence-electron chi connectivity index (χ2n) is 6.64. The van der Waals surface area contributed by atoms with Gasteiger partial charge in [0.1, 0.15) is 0 Å².